The van der Waals surface area contributed by atoms with Crippen LogP contribution in [0.1, 0.15) is 5.69 Å². The number of aromatic nitrogens is 1. The highest BCUT2D eigenvalue weighted by Crippen LogP contribution is 2.19. The van der Waals surface area contributed by atoms with Gasteiger partial charge in [0.2, 0.25) is 0 Å². The summed E-state index contributed by atoms with van der Waals surface area (Å²) in [5, 5.41) is 3.08. The van der Waals surface area contributed by atoms with Crippen molar-refractivity contribution in [3.05, 3.63) is 26.9 Å². The van der Waals surface area contributed by atoms with Gasteiger partial charge in [-0.2, -0.15) is 0 Å². The van der Waals surface area contributed by atoms with E-state index in [-0.39, 0.29) is 6.61 Å². The van der Waals surface area contributed by atoms with Gasteiger partial charge in [-0.05, 0) is 37.9 Å². The standard InChI is InChI=1S/C9H11Br2N3O2/c10-6-3-7(11)8(14-4-6)5-13-1-2-16-9(12)15/h3-4,13H,1-2,5H2,(H2,12,15). The lowest BCUT2D eigenvalue weighted by molar-refractivity contribution is 0.157. The van der Waals surface area contributed by atoms with Gasteiger partial charge < -0.3 is 15.8 Å². The van der Waals surface area contributed by atoms with E-state index in [0.29, 0.717) is 13.1 Å². The second-order valence-electron chi connectivity index (χ2n) is 2.93. The van der Waals surface area contributed by atoms with E-state index in [1.165, 1.54) is 0 Å². The van der Waals surface area contributed by atoms with Crippen molar-refractivity contribution in [2.24, 2.45) is 5.73 Å². The number of primary amides is 1. The summed E-state index contributed by atoms with van der Waals surface area (Å²) in [6, 6.07) is 1.92. The Balaban J connectivity index is 2.29. The Labute approximate surface area is 110 Å². The topological polar surface area (TPSA) is 77.2 Å². The number of rotatable bonds is 5. The summed E-state index contributed by atoms with van der Waals surface area (Å²) < 4.78 is 6.40. The van der Waals surface area contributed by atoms with Crippen LogP contribution in [0.25, 0.3) is 0 Å². The largest absolute Gasteiger partial charge is 0.448 e. The molecule has 5 nitrogen and oxygen atoms in total. The van der Waals surface area contributed by atoms with Crippen LogP contribution in [0.2, 0.25) is 0 Å². The maximum atomic E-state index is 10.3. The number of carbonyl (C=O) groups excluding carboxylic acids is 1. The Hall–Kier alpha value is -0.660. The quantitative estimate of drug-likeness (QED) is 0.792. The fraction of sp³-hybridized carbons (Fsp3) is 0.333. The Morgan fingerprint density at radius 3 is 2.94 bits per heavy atom. The molecule has 0 bridgehead atoms. The zero-order valence-corrected chi connectivity index (χ0v) is 11.5. The molecule has 1 heterocycles. The zero-order chi connectivity index (χ0) is 12.0. The number of pyridine rings is 1. The van der Waals surface area contributed by atoms with Gasteiger partial charge in [0.25, 0.3) is 0 Å². The number of ether oxygens (including phenoxy) is 1. The molecule has 0 aromatic carbocycles. The van der Waals surface area contributed by atoms with Crippen molar-refractivity contribution < 1.29 is 9.53 Å². The molecule has 3 N–H and O–H groups in total. The first-order chi connectivity index (χ1) is 7.59. The van der Waals surface area contributed by atoms with Crippen molar-refractivity contribution in [1.82, 2.24) is 10.3 Å². The average molecular weight is 353 g/mol. The molecule has 0 saturated heterocycles. The minimum atomic E-state index is -0.759. The molecule has 88 valence electrons. The van der Waals surface area contributed by atoms with Crippen molar-refractivity contribution in [1.29, 1.82) is 0 Å². The van der Waals surface area contributed by atoms with Crippen LogP contribution >= 0.6 is 31.9 Å². The van der Waals surface area contributed by atoms with E-state index in [0.717, 1.165) is 14.6 Å². The first kappa shape index (κ1) is 13.4. The molecule has 0 fully saturated rings. The highest BCUT2D eigenvalue weighted by atomic mass is 79.9. The third-order valence-corrected chi connectivity index (χ3v) is 2.82. The zero-order valence-electron chi connectivity index (χ0n) is 8.37. The van der Waals surface area contributed by atoms with Crippen LogP contribution in [-0.4, -0.2) is 24.2 Å². The highest BCUT2D eigenvalue weighted by Gasteiger charge is 2.01. The van der Waals surface area contributed by atoms with Crippen LogP contribution in [0.15, 0.2) is 21.2 Å². The van der Waals surface area contributed by atoms with Crippen LogP contribution in [0, 0.1) is 0 Å². The van der Waals surface area contributed by atoms with Gasteiger partial charge in [0.05, 0.1) is 5.69 Å². The van der Waals surface area contributed by atoms with Crippen LogP contribution < -0.4 is 11.1 Å². The summed E-state index contributed by atoms with van der Waals surface area (Å²) in [5.74, 6) is 0. The summed E-state index contributed by atoms with van der Waals surface area (Å²) in [6.45, 7) is 1.38. The van der Waals surface area contributed by atoms with E-state index < -0.39 is 6.09 Å². The highest BCUT2D eigenvalue weighted by molar-refractivity contribution is 9.11. The number of hydrogen-bond donors (Lipinski definition) is 2. The third kappa shape index (κ3) is 4.91. The molecule has 7 heteroatoms. The maximum Gasteiger partial charge on any atom is 0.404 e. The number of halogens is 2. The van der Waals surface area contributed by atoms with E-state index in [1.807, 2.05) is 6.07 Å². The van der Waals surface area contributed by atoms with Gasteiger partial charge in [0, 0.05) is 28.2 Å². The monoisotopic (exact) mass is 351 g/mol. The van der Waals surface area contributed by atoms with Gasteiger partial charge in [0.15, 0.2) is 0 Å². The molecule has 0 aliphatic rings. The van der Waals surface area contributed by atoms with Gasteiger partial charge in [0.1, 0.15) is 6.61 Å². The van der Waals surface area contributed by atoms with Crippen molar-refractivity contribution in [3.8, 4) is 0 Å². The van der Waals surface area contributed by atoms with Gasteiger partial charge >= 0.3 is 6.09 Å². The molecule has 0 radical (unpaired) electrons. The Morgan fingerprint density at radius 1 is 1.56 bits per heavy atom. The summed E-state index contributed by atoms with van der Waals surface area (Å²) in [6.07, 6.45) is 0.964. The molecule has 0 aliphatic carbocycles. The molecular weight excluding hydrogens is 342 g/mol. The lowest BCUT2D eigenvalue weighted by Gasteiger charge is -2.06. The summed E-state index contributed by atoms with van der Waals surface area (Å²) >= 11 is 6.72. The normalized spacial score (nSPS) is 10.1. The molecule has 16 heavy (non-hydrogen) atoms. The Morgan fingerprint density at radius 2 is 2.31 bits per heavy atom. The molecule has 1 rings (SSSR count). The van der Waals surface area contributed by atoms with E-state index in [2.05, 4.69) is 46.9 Å². The predicted octanol–water partition coefficient (Wildman–Crippen LogP) is 1.79. The average Bonchev–Trinajstić information content (AvgIpc) is 2.20. The first-order valence-corrected chi connectivity index (χ1v) is 6.11. The first-order valence-electron chi connectivity index (χ1n) is 4.52. The fourth-order valence-electron chi connectivity index (χ4n) is 1.00. The third-order valence-electron chi connectivity index (χ3n) is 1.70. The summed E-state index contributed by atoms with van der Waals surface area (Å²) in [4.78, 5) is 14.5. The van der Waals surface area contributed by atoms with Gasteiger partial charge in [-0.1, -0.05) is 0 Å². The SMILES string of the molecule is NC(=O)OCCNCc1ncc(Br)cc1Br. The van der Waals surface area contributed by atoms with Crippen LogP contribution in [-0.2, 0) is 11.3 Å². The fourth-order valence-corrected chi connectivity index (χ4v) is 2.13. The molecule has 0 unspecified atom stereocenters. The Kier molecular flexibility index (Phi) is 5.72. The van der Waals surface area contributed by atoms with E-state index in [4.69, 9.17) is 5.73 Å². The molecule has 0 saturated carbocycles. The van der Waals surface area contributed by atoms with Crippen LogP contribution in [0.5, 0.6) is 0 Å². The number of nitrogens with one attached hydrogen (secondary N) is 1. The van der Waals surface area contributed by atoms with Gasteiger partial charge in [-0.15, -0.1) is 0 Å². The number of nitrogens with zero attached hydrogens (tertiary/aromatic N) is 1. The molecule has 1 aromatic heterocycles. The van der Waals surface area contributed by atoms with E-state index >= 15 is 0 Å². The second-order valence-corrected chi connectivity index (χ2v) is 4.70. The van der Waals surface area contributed by atoms with Gasteiger partial charge in [-0.3, -0.25) is 4.98 Å². The summed E-state index contributed by atoms with van der Waals surface area (Å²) in [7, 11) is 0. The molecule has 0 aliphatic heterocycles. The maximum absolute atomic E-state index is 10.3. The molecule has 0 spiro atoms. The number of nitrogens with two attached hydrogens (primary N) is 1. The van der Waals surface area contributed by atoms with Crippen LogP contribution in [0.4, 0.5) is 4.79 Å². The van der Waals surface area contributed by atoms with Crippen molar-refractivity contribution in [3.63, 3.8) is 0 Å². The molecule has 1 amide bonds. The summed E-state index contributed by atoms with van der Waals surface area (Å²) in [5.41, 5.74) is 5.70. The Bertz CT molecular complexity index is 374. The number of amides is 1. The molecular formula is C9H11Br2N3O2. The number of carbonyl (C=O) groups is 1. The minimum Gasteiger partial charge on any atom is -0.448 e. The van der Waals surface area contributed by atoms with Crippen molar-refractivity contribution in [2.75, 3.05) is 13.2 Å². The second kappa shape index (κ2) is 6.82. The van der Waals surface area contributed by atoms with Gasteiger partial charge in [-0.25, -0.2) is 4.79 Å². The smallest absolute Gasteiger partial charge is 0.404 e. The predicted molar refractivity (Wildman–Crippen MR) is 66.9 cm³/mol. The lowest BCUT2D eigenvalue weighted by Crippen LogP contribution is -2.23. The van der Waals surface area contributed by atoms with E-state index in [1.54, 1.807) is 6.20 Å². The van der Waals surface area contributed by atoms with Crippen molar-refractivity contribution in [2.45, 2.75) is 6.54 Å². The number of hydrogen-bond acceptors (Lipinski definition) is 4. The minimum absolute atomic E-state index is 0.253. The van der Waals surface area contributed by atoms with E-state index in [9.17, 15) is 4.79 Å². The molecule has 0 atom stereocenters. The lowest BCUT2D eigenvalue weighted by atomic mass is 10.3. The van der Waals surface area contributed by atoms with Crippen molar-refractivity contribution >= 4 is 38.0 Å². The van der Waals surface area contributed by atoms with Crippen LogP contribution in [0.3, 0.4) is 0 Å². The molecule has 1 aromatic rings.